The average Bonchev–Trinajstić information content (AvgIpc) is 3.10. The lowest BCUT2D eigenvalue weighted by molar-refractivity contribution is 0.281. The number of aliphatic hydroxyl groups excluding tert-OH is 1. The fourth-order valence-corrected chi connectivity index (χ4v) is 2.89. The summed E-state index contributed by atoms with van der Waals surface area (Å²) >= 11 is 0. The van der Waals surface area contributed by atoms with E-state index in [1.807, 2.05) is 47.1 Å². The zero-order valence-corrected chi connectivity index (χ0v) is 11.6. The van der Waals surface area contributed by atoms with E-state index in [-0.39, 0.29) is 12.6 Å². The van der Waals surface area contributed by atoms with E-state index in [0.717, 1.165) is 28.2 Å². The molecule has 1 aromatic rings. The van der Waals surface area contributed by atoms with Crippen molar-refractivity contribution in [3.63, 3.8) is 0 Å². The highest BCUT2D eigenvalue weighted by Crippen LogP contribution is 2.37. The molecule has 3 aliphatic heterocycles. The van der Waals surface area contributed by atoms with Crippen LogP contribution in [0, 0.1) is 0 Å². The van der Waals surface area contributed by atoms with Crippen LogP contribution in [0.25, 0.3) is 11.4 Å². The van der Waals surface area contributed by atoms with Crippen molar-refractivity contribution in [2.24, 2.45) is 0 Å². The second kappa shape index (κ2) is 4.54. The van der Waals surface area contributed by atoms with E-state index in [1.165, 1.54) is 0 Å². The highest BCUT2D eigenvalue weighted by atomic mass is 16.3. The van der Waals surface area contributed by atoms with Gasteiger partial charge >= 0.3 is 0 Å². The Kier molecular flexibility index (Phi) is 2.66. The number of nitrogens with one attached hydrogen (secondary N) is 1. The van der Waals surface area contributed by atoms with Gasteiger partial charge in [-0.3, -0.25) is 5.53 Å². The van der Waals surface area contributed by atoms with Crippen molar-refractivity contribution >= 4 is 0 Å². The molecule has 0 radical (unpaired) electrons. The number of aromatic nitrogens is 3. The Hall–Kier alpha value is -2.44. The minimum Gasteiger partial charge on any atom is -0.392 e. The van der Waals surface area contributed by atoms with Gasteiger partial charge in [0.2, 0.25) is 0 Å². The van der Waals surface area contributed by atoms with Crippen molar-refractivity contribution in [1.29, 1.82) is 0 Å². The number of rotatable bonds is 2. The molecule has 2 N–H and O–H groups in total. The molecule has 0 aliphatic carbocycles. The van der Waals surface area contributed by atoms with E-state index in [4.69, 9.17) is 0 Å². The van der Waals surface area contributed by atoms with Crippen LogP contribution in [0.15, 0.2) is 42.9 Å². The first-order chi connectivity index (χ1) is 10.3. The monoisotopic (exact) mass is 281 g/mol. The largest absolute Gasteiger partial charge is 0.392 e. The molecule has 6 nitrogen and oxygen atoms in total. The molecule has 1 atom stereocenters. The van der Waals surface area contributed by atoms with Crippen LogP contribution in [0.3, 0.4) is 0 Å². The molecule has 21 heavy (non-hydrogen) atoms. The predicted octanol–water partition coefficient (Wildman–Crippen LogP) is 1.37. The normalized spacial score (nSPS) is 17.9. The van der Waals surface area contributed by atoms with Gasteiger partial charge in [0, 0.05) is 18.8 Å². The fourth-order valence-electron chi connectivity index (χ4n) is 2.89. The molecule has 0 bridgehead atoms. The standard InChI is InChI=1S/C15H15N5O/c1-19-13(11-4-2-10(8-21)3-5-11)14-12-6-7-16-15(12)17-9-20(14)18-19/h2-7,9,13,18,21H,8H2,1H3. The highest BCUT2D eigenvalue weighted by Gasteiger charge is 2.32. The SMILES string of the molecule is CN1Nn2cnc3nccc-3c2C1c1ccc(CO)cc1. The lowest BCUT2D eigenvalue weighted by Crippen LogP contribution is -2.26. The van der Waals surface area contributed by atoms with Crippen LogP contribution in [0.4, 0.5) is 0 Å². The van der Waals surface area contributed by atoms with Gasteiger partial charge in [0.25, 0.3) is 0 Å². The fraction of sp³-hybridized carbons (Fsp3) is 0.200. The number of hydrogen-bond acceptors (Lipinski definition) is 5. The molecule has 6 heteroatoms. The first-order valence-electron chi connectivity index (χ1n) is 6.79. The summed E-state index contributed by atoms with van der Waals surface area (Å²) in [7, 11) is 2.00. The van der Waals surface area contributed by atoms with Gasteiger partial charge in [0.1, 0.15) is 6.33 Å². The number of fused-ring (bicyclic) bond motifs is 3. The minimum absolute atomic E-state index is 0.0608. The van der Waals surface area contributed by atoms with Gasteiger partial charge < -0.3 is 5.11 Å². The third-order valence-corrected chi connectivity index (χ3v) is 3.90. The summed E-state index contributed by atoms with van der Waals surface area (Å²) in [6.07, 6.45) is 3.53. The van der Waals surface area contributed by atoms with Crippen LogP contribution in [-0.2, 0) is 6.61 Å². The van der Waals surface area contributed by atoms with Gasteiger partial charge in [-0.1, -0.05) is 24.3 Å². The second-order valence-electron chi connectivity index (χ2n) is 5.20. The van der Waals surface area contributed by atoms with Crippen molar-refractivity contribution in [3.8, 4) is 11.4 Å². The summed E-state index contributed by atoms with van der Waals surface area (Å²) in [6.45, 7) is 0.0608. The molecule has 0 amide bonds. The van der Waals surface area contributed by atoms with Crippen LogP contribution in [0.1, 0.15) is 22.9 Å². The highest BCUT2D eigenvalue weighted by molar-refractivity contribution is 5.62. The lowest BCUT2D eigenvalue weighted by Gasteiger charge is -2.19. The number of nitrogens with zero attached hydrogens (tertiary/aromatic N) is 4. The molecule has 3 heterocycles. The van der Waals surface area contributed by atoms with E-state index in [1.54, 1.807) is 12.5 Å². The zero-order chi connectivity index (χ0) is 14.4. The Morgan fingerprint density at radius 1 is 1.19 bits per heavy atom. The summed E-state index contributed by atoms with van der Waals surface area (Å²) in [5.74, 6) is 0.760. The Morgan fingerprint density at radius 2 is 2.00 bits per heavy atom. The van der Waals surface area contributed by atoms with Crippen LogP contribution in [0.5, 0.6) is 0 Å². The zero-order valence-electron chi connectivity index (χ0n) is 11.6. The van der Waals surface area contributed by atoms with E-state index in [0.29, 0.717) is 0 Å². The number of benzene rings is 1. The van der Waals surface area contributed by atoms with Gasteiger partial charge in [0.15, 0.2) is 5.82 Å². The van der Waals surface area contributed by atoms with E-state index >= 15 is 0 Å². The second-order valence-corrected chi connectivity index (χ2v) is 5.20. The first-order valence-corrected chi connectivity index (χ1v) is 6.79. The van der Waals surface area contributed by atoms with Crippen LogP contribution in [0.2, 0.25) is 0 Å². The van der Waals surface area contributed by atoms with Crippen LogP contribution < -0.4 is 5.53 Å². The summed E-state index contributed by atoms with van der Waals surface area (Å²) in [6, 6.07) is 10.1. The molecular formula is C15H15N5O. The van der Waals surface area contributed by atoms with Crippen molar-refractivity contribution in [2.75, 3.05) is 12.6 Å². The van der Waals surface area contributed by atoms with Gasteiger partial charge in [-0.25, -0.2) is 14.6 Å². The molecule has 0 fully saturated rings. The maximum absolute atomic E-state index is 9.17. The number of aliphatic hydroxyl groups is 1. The minimum atomic E-state index is 0.0608. The van der Waals surface area contributed by atoms with Crippen LogP contribution >= 0.6 is 0 Å². The van der Waals surface area contributed by atoms with Crippen molar-refractivity contribution in [1.82, 2.24) is 19.7 Å². The van der Waals surface area contributed by atoms with E-state index in [9.17, 15) is 5.11 Å². The molecule has 0 aromatic heterocycles. The molecule has 0 spiro atoms. The van der Waals surface area contributed by atoms with Gasteiger partial charge in [0.05, 0.1) is 18.3 Å². The van der Waals surface area contributed by atoms with Gasteiger partial charge in [-0.05, 0) is 17.2 Å². The van der Waals surface area contributed by atoms with Gasteiger partial charge in [-0.15, -0.1) is 0 Å². The Morgan fingerprint density at radius 3 is 2.76 bits per heavy atom. The summed E-state index contributed by atoms with van der Waals surface area (Å²) in [4.78, 5) is 8.61. The average molecular weight is 281 g/mol. The van der Waals surface area contributed by atoms with E-state index in [2.05, 4.69) is 15.5 Å². The van der Waals surface area contributed by atoms with Gasteiger partial charge in [-0.2, -0.15) is 5.01 Å². The molecule has 0 saturated carbocycles. The summed E-state index contributed by atoms with van der Waals surface area (Å²) in [5.41, 5.74) is 7.50. The smallest absolute Gasteiger partial charge is 0.162 e. The predicted molar refractivity (Wildman–Crippen MR) is 78.0 cm³/mol. The van der Waals surface area contributed by atoms with Crippen LogP contribution in [-0.4, -0.2) is 31.8 Å². The van der Waals surface area contributed by atoms with Crippen molar-refractivity contribution in [2.45, 2.75) is 12.6 Å². The quantitative estimate of drug-likeness (QED) is 0.742. The Bertz CT molecular complexity index is 751. The Balaban J connectivity index is 1.85. The topological polar surface area (TPSA) is 66.2 Å². The van der Waals surface area contributed by atoms with E-state index < -0.39 is 0 Å². The Labute approximate surface area is 122 Å². The third-order valence-electron chi connectivity index (χ3n) is 3.90. The molecular weight excluding hydrogens is 266 g/mol. The molecule has 4 rings (SSSR count). The molecule has 0 saturated heterocycles. The first kappa shape index (κ1) is 12.3. The molecule has 106 valence electrons. The number of hydrogen-bond donors (Lipinski definition) is 2. The number of hydrazine groups is 1. The maximum atomic E-state index is 9.17. The van der Waals surface area contributed by atoms with Crippen molar-refractivity contribution < 1.29 is 5.11 Å². The molecule has 1 aromatic carbocycles. The summed E-state index contributed by atoms with van der Waals surface area (Å²) < 4.78 is 1.93. The van der Waals surface area contributed by atoms with Crippen molar-refractivity contribution in [3.05, 3.63) is 59.7 Å². The summed E-state index contributed by atoms with van der Waals surface area (Å²) in [5, 5.41) is 11.2. The lowest BCUT2D eigenvalue weighted by atomic mass is 9.99. The third kappa shape index (κ3) is 1.80. The molecule has 1 unspecified atom stereocenters. The maximum Gasteiger partial charge on any atom is 0.162 e. The molecule has 3 aliphatic rings.